The highest BCUT2D eigenvalue weighted by molar-refractivity contribution is 5.67. The minimum atomic E-state index is 0.0575. The fourth-order valence-electron chi connectivity index (χ4n) is 2.02. The van der Waals surface area contributed by atoms with E-state index in [4.69, 9.17) is 15.6 Å². The van der Waals surface area contributed by atoms with Gasteiger partial charge in [-0.05, 0) is 22.3 Å². The quantitative estimate of drug-likeness (QED) is 0.781. The number of aliphatic hydroxyl groups is 1. The van der Waals surface area contributed by atoms with Gasteiger partial charge in [0.25, 0.3) is 0 Å². The Labute approximate surface area is 113 Å². The summed E-state index contributed by atoms with van der Waals surface area (Å²) in [5.41, 5.74) is 10.3. The lowest BCUT2D eigenvalue weighted by atomic mass is 9.99. The molecule has 0 atom stereocenters. The average Bonchev–Trinajstić information content (AvgIpc) is 2.48. The van der Waals surface area contributed by atoms with Crippen molar-refractivity contribution in [3.63, 3.8) is 0 Å². The first-order valence-electron chi connectivity index (χ1n) is 6.41. The van der Waals surface area contributed by atoms with Crippen molar-refractivity contribution in [2.24, 2.45) is 5.73 Å². The molecule has 2 aromatic rings. The van der Waals surface area contributed by atoms with Gasteiger partial charge in [0.15, 0.2) is 0 Å². The maximum atomic E-state index is 8.66. The van der Waals surface area contributed by atoms with Gasteiger partial charge in [-0.2, -0.15) is 0 Å². The molecule has 0 fully saturated rings. The normalized spacial score (nSPS) is 10.6. The molecule has 0 aromatic heterocycles. The van der Waals surface area contributed by atoms with Crippen LogP contribution in [0.2, 0.25) is 0 Å². The number of hydrogen-bond acceptors (Lipinski definition) is 3. The summed E-state index contributed by atoms with van der Waals surface area (Å²) in [4.78, 5) is 0. The highest BCUT2D eigenvalue weighted by atomic mass is 16.5. The van der Waals surface area contributed by atoms with Crippen LogP contribution in [0.4, 0.5) is 0 Å². The summed E-state index contributed by atoms with van der Waals surface area (Å²) < 4.78 is 5.29. The van der Waals surface area contributed by atoms with Crippen molar-refractivity contribution >= 4 is 0 Å². The highest BCUT2D eigenvalue weighted by Gasteiger charge is 2.03. The van der Waals surface area contributed by atoms with Gasteiger partial charge in [-0.1, -0.05) is 48.5 Å². The van der Waals surface area contributed by atoms with Gasteiger partial charge in [0.1, 0.15) is 0 Å². The zero-order chi connectivity index (χ0) is 13.5. The molecule has 0 unspecified atom stereocenters. The van der Waals surface area contributed by atoms with E-state index >= 15 is 0 Å². The van der Waals surface area contributed by atoms with Crippen LogP contribution in [0.5, 0.6) is 0 Å². The maximum absolute atomic E-state index is 8.66. The molecule has 0 spiro atoms. The monoisotopic (exact) mass is 257 g/mol. The van der Waals surface area contributed by atoms with E-state index in [1.54, 1.807) is 0 Å². The molecule has 2 rings (SSSR count). The van der Waals surface area contributed by atoms with Gasteiger partial charge < -0.3 is 15.6 Å². The van der Waals surface area contributed by atoms with Crippen LogP contribution in [-0.4, -0.2) is 18.3 Å². The Morgan fingerprint density at radius 2 is 1.74 bits per heavy atom. The largest absolute Gasteiger partial charge is 0.394 e. The minimum absolute atomic E-state index is 0.0575. The third-order valence-corrected chi connectivity index (χ3v) is 3.01. The van der Waals surface area contributed by atoms with E-state index in [9.17, 15) is 0 Å². The van der Waals surface area contributed by atoms with Gasteiger partial charge >= 0.3 is 0 Å². The Bertz CT molecular complexity index is 508. The molecule has 100 valence electrons. The van der Waals surface area contributed by atoms with Crippen LogP contribution in [-0.2, 0) is 17.9 Å². The fraction of sp³-hybridized carbons (Fsp3) is 0.250. The van der Waals surface area contributed by atoms with E-state index in [-0.39, 0.29) is 6.61 Å². The molecule has 0 aliphatic heterocycles. The topological polar surface area (TPSA) is 55.5 Å². The molecule has 19 heavy (non-hydrogen) atoms. The van der Waals surface area contributed by atoms with Gasteiger partial charge in [-0.25, -0.2) is 0 Å². The number of nitrogens with two attached hydrogens (primary N) is 1. The summed E-state index contributed by atoms with van der Waals surface area (Å²) in [6.07, 6.45) is 0. The summed E-state index contributed by atoms with van der Waals surface area (Å²) >= 11 is 0. The first-order chi connectivity index (χ1) is 9.35. The van der Waals surface area contributed by atoms with Gasteiger partial charge in [0.2, 0.25) is 0 Å². The molecule has 3 heteroatoms. The molecule has 0 aliphatic rings. The fourth-order valence-corrected chi connectivity index (χ4v) is 2.02. The summed E-state index contributed by atoms with van der Waals surface area (Å²) in [5.74, 6) is 0. The van der Waals surface area contributed by atoms with E-state index in [1.165, 1.54) is 5.56 Å². The second-order valence-corrected chi connectivity index (χ2v) is 4.33. The predicted octanol–water partition coefficient (Wildman–Crippen LogP) is 2.32. The van der Waals surface area contributed by atoms with Gasteiger partial charge in [-0.15, -0.1) is 0 Å². The standard InChI is InChI=1S/C16H19NO2/c17-11-15-3-1-2-4-16(15)14-7-5-13(6-8-14)12-19-10-9-18/h1-8,18H,9-12,17H2. The van der Waals surface area contributed by atoms with E-state index in [1.807, 2.05) is 30.3 Å². The molecule has 0 saturated carbocycles. The molecule has 3 nitrogen and oxygen atoms in total. The SMILES string of the molecule is NCc1ccccc1-c1ccc(COCCO)cc1. The number of aliphatic hydroxyl groups excluding tert-OH is 1. The number of hydrogen-bond donors (Lipinski definition) is 2. The highest BCUT2D eigenvalue weighted by Crippen LogP contribution is 2.23. The van der Waals surface area contributed by atoms with Crippen LogP contribution in [0, 0.1) is 0 Å². The van der Waals surface area contributed by atoms with E-state index in [0.29, 0.717) is 19.8 Å². The molecular formula is C16H19NO2. The van der Waals surface area contributed by atoms with Crippen molar-refractivity contribution in [3.8, 4) is 11.1 Å². The number of ether oxygens (including phenoxy) is 1. The molecular weight excluding hydrogens is 238 g/mol. The van der Waals surface area contributed by atoms with Crippen LogP contribution >= 0.6 is 0 Å². The molecule has 3 N–H and O–H groups in total. The number of benzene rings is 2. The Morgan fingerprint density at radius 3 is 2.42 bits per heavy atom. The van der Waals surface area contributed by atoms with Crippen LogP contribution in [0.1, 0.15) is 11.1 Å². The van der Waals surface area contributed by atoms with Crippen LogP contribution in [0.3, 0.4) is 0 Å². The third kappa shape index (κ3) is 3.64. The molecule has 0 aliphatic carbocycles. The Kier molecular flexibility index (Phi) is 5.10. The average molecular weight is 257 g/mol. The Morgan fingerprint density at radius 1 is 1.00 bits per heavy atom. The molecule has 0 bridgehead atoms. The van der Waals surface area contributed by atoms with Crippen molar-refractivity contribution in [3.05, 3.63) is 59.7 Å². The molecule has 0 radical (unpaired) electrons. The first kappa shape index (κ1) is 13.7. The van der Waals surface area contributed by atoms with Crippen molar-refractivity contribution in [1.82, 2.24) is 0 Å². The lowest BCUT2D eigenvalue weighted by Gasteiger charge is -2.09. The molecule has 2 aromatic carbocycles. The maximum Gasteiger partial charge on any atom is 0.0718 e. The van der Waals surface area contributed by atoms with Crippen molar-refractivity contribution in [1.29, 1.82) is 0 Å². The van der Waals surface area contributed by atoms with Gasteiger partial charge in [0, 0.05) is 6.54 Å². The second kappa shape index (κ2) is 7.04. The zero-order valence-electron chi connectivity index (χ0n) is 10.9. The van der Waals surface area contributed by atoms with Gasteiger partial charge in [-0.3, -0.25) is 0 Å². The lowest BCUT2D eigenvalue weighted by molar-refractivity contribution is 0.0815. The third-order valence-electron chi connectivity index (χ3n) is 3.01. The smallest absolute Gasteiger partial charge is 0.0718 e. The first-order valence-corrected chi connectivity index (χ1v) is 6.41. The summed E-state index contributed by atoms with van der Waals surface area (Å²) in [6, 6.07) is 16.4. The van der Waals surface area contributed by atoms with Gasteiger partial charge in [0.05, 0.1) is 19.8 Å². The number of rotatable bonds is 6. The van der Waals surface area contributed by atoms with Crippen molar-refractivity contribution in [2.45, 2.75) is 13.2 Å². The van der Waals surface area contributed by atoms with E-state index < -0.39 is 0 Å². The minimum Gasteiger partial charge on any atom is -0.394 e. The van der Waals surface area contributed by atoms with E-state index in [0.717, 1.165) is 16.7 Å². The Hall–Kier alpha value is -1.68. The molecule has 0 saturated heterocycles. The van der Waals surface area contributed by atoms with Crippen molar-refractivity contribution in [2.75, 3.05) is 13.2 Å². The summed E-state index contributed by atoms with van der Waals surface area (Å²) in [6.45, 7) is 1.50. The molecule has 0 heterocycles. The zero-order valence-corrected chi connectivity index (χ0v) is 10.9. The van der Waals surface area contributed by atoms with Crippen LogP contribution in [0.15, 0.2) is 48.5 Å². The molecule has 0 amide bonds. The van der Waals surface area contributed by atoms with Crippen LogP contribution in [0.25, 0.3) is 11.1 Å². The lowest BCUT2D eigenvalue weighted by Crippen LogP contribution is -2.00. The summed E-state index contributed by atoms with van der Waals surface area (Å²) in [7, 11) is 0. The second-order valence-electron chi connectivity index (χ2n) is 4.33. The van der Waals surface area contributed by atoms with Crippen molar-refractivity contribution < 1.29 is 9.84 Å². The Balaban J connectivity index is 2.13. The predicted molar refractivity (Wildman–Crippen MR) is 76.5 cm³/mol. The van der Waals surface area contributed by atoms with Crippen LogP contribution < -0.4 is 5.73 Å². The van der Waals surface area contributed by atoms with E-state index in [2.05, 4.69) is 18.2 Å². The summed E-state index contributed by atoms with van der Waals surface area (Å²) in [5, 5.41) is 8.66.